The third-order valence-corrected chi connectivity index (χ3v) is 3.44. The maximum Gasteiger partial charge on any atom is 0.0107 e. The van der Waals surface area contributed by atoms with Crippen LogP contribution in [0.2, 0.25) is 0 Å². The molecule has 1 radical (unpaired) electrons. The number of unbranched alkanes of at least 4 members (excludes halogenated alkanes) is 6. The smallest absolute Gasteiger partial charge is 0.0107 e. The summed E-state index contributed by atoms with van der Waals surface area (Å²) in [5.41, 5.74) is 0. The monoisotopic (exact) mass is 255 g/mol. The van der Waals surface area contributed by atoms with Gasteiger partial charge in [0, 0.05) is 13.1 Å². The Kier molecular flexibility index (Phi) is 14.9. The SMILES string of the molecule is [CH2]CNCCN(CCCCCC)CCCCCC. The van der Waals surface area contributed by atoms with Crippen molar-refractivity contribution >= 4 is 0 Å². The van der Waals surface area contributed by atoms with Crippen molar-refractivity contribution in [2.45, 2.75) is 65.2 Å². The molecule has 0 aliphatic carbocycles. The number of hydrogen-bond acceptors (Lipinski definition) is 2. The predicted molar refractivity (Wildman–Crippen MR) is 83.0 cm³/mol. The molecule has 0 heterocycles. The first kappa shape index (κ1) is 17.9. The molecule has 0 spiro atoms. The van der Waals surface area contributed by atoms with Crippen LogP contribution >= 0.6 is 0 Å². The van der Waals surface area contributed by atoms with Crippen molar-refractivity contribution in [2.24, 2.45) is 0 Å². The van der Waals surface area contributed by atoms with Gasteiger partial charge in [-0.2, -0.15) is 0 Å². The molecule has 0 saturated carbocycles. The molecule has 0 aromatic rings. The summed E-state index contributed by atoms with van der Waals surface area (Å²) >= 11 is 0. The van der Waals surface area contributed by atoms with Crippen molar-refractivity contribution in [2.75, 3.05) is 32.7 Å². The maximum absolute atomic E-state index is 3.83. The zero-order valence-corrected chi connectivity index (χ0v) is 12.8. The van der Waals surface area contributed by atoms with Crippen LogP contribution in [0.5, 0.6) is 0 Å². The molecule has 2 heteroatoms. The lowest BCUT2D eigenvalue weighted by Gasteiger charge is -2.22. The van der Waals surface area contributed by atoms with Gasteiger partial charge in [0.15, 0.2) is 0 Å². The first-order chi connectivity index (χ1) is 8.85. The van der Waals surface area contributed by atoms with Crippen LogP contribution in [0.4, 0.5) is 0 Å². The molecule has 0 bridgehead atoms. The summed E-state index contributed by atoms with van der Waals surface area (Å²) in [6.07, 6.45) is 11.0. The van der Waals surface area contributed by atoms with Crippen LogP contribution in [0, 0.1) is 6.92 Å². The minimum atomic E-state index is 0.847. The number of hydrogen-bond donors (Lipinski definition) is 1. The van der Waals surface area contributed by atoms with Gasteiger partial charge in [-0.3, -0.25) is 0 Å². The van der Waals surface area contributed by atoms with Gasteiger partial charge in [-0.25, -0.2) is 0 Å². The van der Waals surface area contributed by atoms with Crippen LogP contribution in [0.25, 0.3) is 0 Å². The van der Waals surface area contributed by atoms with Gasteiger partial charge in [0.05, 0.1) is 0 Å². The van der Waals surface area contributed by atoms with Crippen LogP contribution in [-0.2, 0) is 0 Å². The molecule has 18 heavy (non-hydrogen) atoms. The zero-order chi connectivity index (χ0) is 13.5. The zero-order valence-electron chi connectivity index (χ0n) is 12.8. The molecule has 0 amide bonds. The fourth-order valence-electron chi connectivity index (χ4n) is 2.22. The molecule has 0 saturated heterocycles. The molecule has 0 aliphatic heterocycles. The van der Waals surface area contributed by atoms with E-state index < -0.39 is 0 Å². The Morgan fingerprint density at radius 2 is 1.33 bits per heavy atom. The number of rotatable bonds is 14. The topological polar surface area (TPSA) is 15.3 Å². The minimum absolute atomic E-state index is 0.847. The maximum atomic E-state index is 3.83. The van der Waals surface area contributed by atoms with Gasteiger partial charge >= 0.3 is 0 Å². The van der Waals surface area contributed by atoms with Crippen LogP contribution in [0.3, 0.4) is 0 Å². The summed E-state index contributed by atoms with van der Waals surface area (Å²) in [5.74, 6) is 0. The van der Waals surface area contributed by atoms with Crippen molar-refractivity contribution in [1.82, 2.24) is 10.2 Å². The van der Waals surface area contributed by atoms with Crippen molar-refractivity contribution in [3.05, 3.63) is 6.92 Å². The Bertz CT molecular complexity index is 136. The Balaban J connectivity index is 3.62. The average molecular weight is 255 g/mol. The van der Waals surface area contributed by atoms with Gasteiger partial charge in [-0.1, -0.05) is 52.4 Å². The van der Waals surface area contributed by atoms with Gasteiger partial charge in [-0.05, 0) is 39.4 Å². The van der Waals surface area contributed by atoms with Gasteiger partial charge in [-0.15, -0.1) is 0 Å². The molecule has 0 aliphatic rings. The van der Waals surface area contributed by atoms with Gasteiger partial charge in [0.25, 0.3) is 0 Å². The van der Waals surface area contributed by atoms with Crippen molar-refractivity contribution in [3.63, 3.8) is 0 Å². The highest BCUT2D eigenvalue weighted by atomic mass is 15.1. The number of nitrogens with zero attached hydrogens (tertiary/aromatic N) is 1. The second-order valence-electron chi connectivity index (χ2n) is 5.21. The van der Waals surface area contributed by atoms with E-state index in [0.29, 0.717) is 0 Å². The third-order valence-electron chi connectivity index (χ3n) is 3.44. The fraction of sp³-hybridized carbons (Fsp3) is 0.938. The lowest BCUT2D eigenvalue weighted by molar-refractivity contribution is 0.261. The molecule has 2 nitrogen and oxygen atoms in total. The first-order valence-corrected chi connectivity index (χ1v) is 8.07. The second-order valence-corrected chi connectivity index (χ2v) is 5.21. The van der Waals surface area contributed by atoms with E-state index in [9.17, 15) is 0 Å². The highest BCUT2D eigenvalue weighted by Gasteiger charge is 2.03. The van der Waals surface area contributed by atoms with Gasteiger partial charge in [0.1, 0.15) is 0 Å². The summed E-state index contributed by atoms with van der Waals surface area (Å²) in [4.78, 5) is 2.63. The van der Waals surface area contributed by atoms with Crippen LogP contribution in [0.1, 0.15) is 65.2 Å². The molecular formula is C16H35N2. The van der Waals surface area contributed by atoms with E-state index in [0.717, 1.165) is 13.1 Å². The van der Waals surface area contributed by atoms with Crippen molar-refractivity contribution in [3.8, 4) is 0 Å². The van der Waals surface area contributed by atoms with E-state index in [2.05, 4.69) is 31.0 Å². The molecule has 0 aromatic carbocycles. The summed E-state index contributed by atoms with van der Waals surface area (Å²) in [5, 5.41) is 3.33. The fourth-order valence-corrected chi connectivity index (χ4v) is 2.22. The Hall–Kier alpha value is -0.0800. The van der Waals surface area contributed by atoms with Gasteiger partial charge in [0.2, 0.25) is 0 Å². The second kappa shape index (κ2) is 15.0. The largest absolute Gasteiger partial charge is 0.315 e. The highest BCUT2D eigenvalue weighted by Crippen LogP contribution is 2.04. The number of nitrogens with one attached hydrogen (secondary N) is 1. The molecule has 0 rings (SSSR count). The van der Waals surface area contributed by atoms with Crippen molar-refractivity contribution < 1.29 is 0 Å². The van der Waals surface area contributed by atoms with E-state index in [1.54, 1.807) is 0 Å². The molecule has 109 valence electrons. The van der Waals surface area contributed by atoms with Crippen LogP contribution < -0.4 is 5.32 Å². The standard InChI is InChI=1S/C16H35N2/c1-4-7-9-11-14-18(16-13-17-6-3)15-12-10-8-5-2/h17H,3-16H2,1-2H3. The summed E-state index contributed by atoms with van der Waals surface area (Å²) in [6, 6.07) is 0. The van der Waals surface area contributed by atoms with Crippen LogP contribution in [-0.4, -0.2) is 37.6 Å². The third kappa shape index (κ3) is 12.4. The molecule has 0 fully saturated rings. The lowest BCUT2D eigenvalue weighted by atomic mass is 10.1. The molecular weight excluding hydrogens is 220 g/mol. The van der Waals surface area contributed by atoms with E-state index >= 15 is 0 Å². The highest BCUT2D eigenvalue weighted by molar-refractivity contribution is 4.61. The van der Waals surface area contributed by atoms with E-state index in [-0.39, 0.29) is 0 Å². The predicted octanol–water partition coefficient (Wildman–Crippen LogP) is 3.87. The lowest BCUT2D eigenvalue weighted by Crippen LogP contribution is -2.33. The Labute approximate surface area is 116 Å². The van der Waals surface area contributed by atoms with E-state index in [1.807, 2.05) is 0 Å². The summed E-state index contributed by atoms with van der Waals surface area (Å²) < 4.78 is 0. The Morgan fingerprint density at radius 3 is 1.78 bits per heavy atom. The Morgan fingerprint density at radius 1 is 0.778 bits per heavy atom. The summed E-state index contributed by atoms with van der Waals surface area (Å²) in [6.45, 7) is 14.1. The van der Waals surface area contributed by atoms with Crippen LogP contribution in [0.15, 0.2) is 0 Å². The van der Waals surface area contributed by atoms with E-state index in [1.165, 1.54) is 71.0 Å². The summed E-state index contributed by atoms with van der Waals surface area (Å²) in [7, 11) is 0. The quantitative estimate of drug-likeness (QED) is 0.474. The molecule has 0 atom stereocenters. The van der Waals surface area contributed by atoms with Crippen molar-refractivity contribution in [1.29, 1.82) is 0 Å². The van der Waals surface area contributed by atoms with E-state index in [4.69, 9.17) is 0 Å². The molecule has 1 N–H and O–H groups in total. The first-order valence-electron chi connectivity index (χ1n) is 8.07. The molecule has 0 unspecified atom stereocenters. The average Bonchev–Trinajstić information content (AvgIpc) is 2.39. The van der Waals surface area contributed by atoms with Gasteiger partial charge < -0.3 is 10.2 Å². The minimum Gasteiger partial charge on any atom is -0.315 e. The normalized spacial score (nSPS) is 11.3. The molecule has 0 aromatic heterocycles.